The molecule has 0 unspecified atom stereocenters. The Kier molecular flexibility index (Phi) is 2.89. The minimum atomic E-state index is -1.04. The molecule has 1 N–H and O–H groups in total. The maximum atomic E-state index is 13.2. The Morgan fingerprint density at radius 1 is 1.50 bits per heavy atom. The maximum absolute atomic E-state index is 13.2. The molecule has 0 radical (unpaired) electrons. The van der Waals surface area contributed by atoms with Gasteiger partial charge in [-0.25, -0.2) is 14.2 Å². The van der Waals surface area contributed by atoms with Crippen molar-refractivity contribution >= 4 is 28.9 Å². The van der Waals surface area contributed by atoms with Gasteiger partial charge >= 0.3 is 5.97 Å². The molecule has 2 aromatic rings. The molecule has 16 heavy (non-hydrogen) atoms. The van der Waals surface area contributed by atoms with Crippen LogP contribution in [0.15, 0.2) is 24.4 Å². The monoisotopic (exact) mass is 257 g/mol. The largest absolute Gasteiger partial charge is 0.477 e. The second-order valence-electron chi connectivity index (χ2n) is 2.96. The highest BCUT2D eigenvalue weighted by Crippen LogP contribution is 2.27. The van der Waals surface area contributed by atoms with Gasteiger partial charge in [0.15, 0.2) is 0 Å². The maximum Gasteiger partial charge on any atom is 0.347 e. The fourth-order valence-electron chi connectivity index (χ4n) is 1.14. The van der Waals surface area contributed by atoms with Gasteiger partial charge in [0.1, 0.15) is 15.7 Å². The van der Waals surface area contributed by atoms with Gasteiger partial charge in [-0.3, -0.25) is 0 Å². The summed E-state index contributed by atoms with van der Waals surface area (Å²) in [5.74, 6) is -1.59. The highest BCUT2D eigenvalue weighted by Gasteiger charge is 2.11. The summed E-state index contributed by atoms with van der Waals surface area (Å²) in [6.45, 7) is 0. The molecule has 2 rings (SSSR count). The number of carboxylic acid groups (broad SMARTS) is 1. The number of rotatable bonds is 2. The van der Waals surface area contributed by atoms with Crippen molar-refractivity contribution in [1.82, 2.24) is 4.98 Å². The lowest BCUT2D eigenvalue weighted by molar-refractivity contribution is 0.0702. The molecule has 1 aromatic carbocycles. The standard InChI is InChI=1S/C10H5ClFNO2S/c11-6-2-1-5(3-7(6)12)9-13-4-8(16-9)10(14)15/h1-4H,(H,14,15). The molecular weight excluding hydrogens is 253 g/mol. The zero-order valence-corrected chi connectivity index (χ0v) is 9.35. The lowest BCUT2D eigenvalue weighted by Crippen LogP contribution is -1.89. The highest BCUT2D eigenvalue weighted by molar-refractivity contribution is 7.16. The van der Waals surface area contributed by atoms with Crippen LogP contribution in [0.2, 0.25) is 5.02 Å². The van der Waals surface area contributed by atoms with E-state index in [0.29, 0.717) is 10.6 Å². The average Bonchev–Trinajstić information content (AvgIpc) is 2.71. The van der Waals surface area contributed by atoms with Gasteiger partial charge < -0.3 is 5.11 Å². The predicted molar refractivity (Wildman–Crippen MR) is 59.5 cm³/mol. The first-order chi connectivity index (χ1) is 7.58. The number of carboxylic acids is 1. The first kappa shape index (κ1) is 11.0. The van der Waals surface area contributed by atoms with Gasteiger partial charge in [0.2, 0.25) is 0 Å². The van der Waals surface area contributed by atoms with Gasteiger partial charge in [0, 0.05) is 5.56 Å². The molecule has 1 heterocycles. The SMILES string of the molecule is O=C(O)c1cnc(-c2ccc(Cl)c(F)c2)s1. The third kappa shape index (κ3) is 2.05. The lowest BCUT2D eigenvalue weighted by atomic mass is 10.2. The molecule has 0 bridgehead atoms. The molecule has 0 aliphatic heterocycles. The van der Waals surface area contributed by atoms with Gasteiger partial charge in [-0.1, -0.05) is 17.7 Å². The fraction of sp³-hybridized carbons (Fsp3) is 0. The number of nitrogens with zero attached hydrogens (tertiary/aromatic N) is 1. The summed E-state index contributed by atoms with van der Waals surface area (Å²) in [6, 6.07) is 4.23. The minimum absolute atomic E-state index is 0.0266. The van der Waals surface area contributed by atoms with Crippen LogP contribution in [-0.4, -0.2) is 16.1 Å². The van der Waals surface area contributed by atoms with Crippen molar-refractivity contribution in [3.05, 3.63) is 40.1 Å². The quantitative estimate of drug-likeness (QED) is 0.898. The summed E-state index contributed by atoms with van der Waals surface area (Å²) in [5, 5.41) is 9.20. The Morgan fingerprint density at radius 2 is 2.25 bits per heavy atom. The van der Waals surface area contributed by atoms with Crippen LogP contribution in [0.3, 0.4) is 0 Å². The van der Waals surface area contributed by atoms with Crippen molar-refractivity contribution in [2.45, 2.75) is 0 Å². The van der Waals surface area contributed by atoms with E-state index in [0.717, 1.165) is 11.3 Å². The van der Waals surface area contributed by atoms with Gasteiger partial charge in [-0.15, -0.1) is 11.3 Å². The molecule has 0 saturated carbocycles. The Labute approximate surface area is 99.1 Å². The van der Waals surface area contributed by atoms with E-state index in [2.05, 4.69) is 4.98 Å². The van der Waals surface area contributed by atoms with E-state index in [4.69, 9.17) is 16.7 Å². The Hall–Kier alpha value is -1.46. The Bertz CT molecular complexity index is 556. The van der Waals surface area contributed by atoms with Gasteiger partial charge in [0.05, 0.1) is 11.2 Å². The molecule has 0 aliphatic carbocycles. The van der Waals surface area contributed by atoms with Crippen molar-refractivity contribution < 1.29 is 14.3 Å². The molecule has 0 spiro atoms. The lowest BCUT2D eigenvalue weighted by Gasteiger charge is -1.97. The molecule has 0 saturated heterocycles. The number of aromatic nitrogens is 1. The van der Waals surface area contributed by atoms with Gasteiger partial charge in [0.25, 0.3) is 0 Å². The second kappa shape index (κ2) is 4.19. The molecule has 0 fully saturated rings. The number of carbonyl (C=O) groups is 1. The first-order valence-corrected chi connectivity index (χ1v) is 5.42. The molecule has 6 heteroatoms. The predicted octanol–water partition coefficient (Wildman–Crippen LogP) is 3.30. The molecule has 0 atom stereocenters. The Balaban J connectivity index is 2.42. The molecule has 0 aliphatic rings. The van der Waals surface area contributed by atoms with E-state index >= 15 is 0 Å². The number of hydrogen-bond donors (Lipinski definition) is 1. The van der Waals surface area contributed by atoms with Crippen LogP contribution in [0.1, 0.15) is 9.67 Å². The number of thiazole rings is 1. The van der Waals surface area contributed by atoms with E-state index in [1.807, 2.05) is 0 Å². The van der Waals surface area contributed by atoms with Gasteiger partial charge in [-0.05, 0) is 12.1 Å². The first-order valence-electron chi connectivity index (χ1n) is 4.22. The van der Waals surface area contributed by atoms with Crippen LogP contribution >= 0.6 is 22.9 Å². The smallest absolute Gasteiger partial charge is 0.347 e. The van der Waals surface area contributed by atoms with Crippen molar-refractivity contribution in [2.24, 2.45) is 0 Å². The number of benzene rings is 1. The Morgan fingerprint density at radius 3 is 2.81 bits per heavy atom. The van der Waals surface area contributed by atoms with Crippen LogP contribution in [0.5, 0.6) is 0 Å². The van der Waals surface area contributed by atoms with Crippen LogP contribution < -0.4 is 0 Å². The van der Waals surface area contributed by atoms with E-state index < -0.39 is 11.8 Å². The highest BCUT2D eigenvalue weighted by atomic mass is 35.5. The van der Waals surface area contributed by atoms with E-state index in [1.165, 1.54) is 18.3 Å². The topological polar surface area (TPSA) is 50.2 Å². The molecule has 0 amide bonds. The average molecular weight is 258 g/mol. The van der Waals surface area contributed by atoms with Gasteiger partial charge in [-0.2, -0.15) is 0 Å². The summed E-state index contributed by atoms with van der Waals surface area (Å²) < 4.78 is 13.2. The third-order valence-corrected chi connectivity index (χ3v) is 3.22. The minimum Gasteiger partial charge on any atom is -0.477 e. The van der Waals surface area contributed by atoms with Crippen LogP contribution in [0.25, 0.3) is 10.6 Å². The van der Waals surface area contributed by atoms with Crippen LogP contribution in [0, 0.1) is 5.82 Å². The number of aromatic carboxylic acids is 1. The zero-order chi connectivity index (χ0) is 11.7. The summed E-state index contributed by atoms with van der Waals surface area (Å²) in [6.07, 6.45) is 1.24. The van der Waals surface area contributed by atoms with Crippen LogP contribution in [0.4, 0.5) is 4.39 Å². The number of halogens is 2. The van der Waals surface area contributed by atoms with Crippen molar-refractivity contribution in [3.63, 3.8) is 0 Å². The fourth-order valence-corrected chi connectivity index (χ4v) is 2.00. The van der Waals surface area contributed by atoms with E-state index in [-0.39, 0.29) is 9.90 Å². The zero-order valence-electron chi connectivity index (χ0n) is 7.78. The summed E-state index contributed by atoms with van der Waals surface area (Å²) in [5.41, 5.74) is 0.513. The van der Waals surface area contributed by atoms with Crippen LogP contribution in [-0.2, 0) is 0 Å². The summed E-state index contributed by atoms with van der Waals surface area (Å²) in [7, 11) is 0. The van der Waals surface area contributed by atoms with Crippen molar-refractivity contribution in [1.29, 1.82) is 0 Å². The molecule has 1 aromatic heterocycles. The van der Waals surface area contributed by atoms with Crippen molar-refractivity contribution in [3.8, 4) is 10.6 Å². The summed E-state index contributed by atoms with van der Waals surface area (Å²) in [4.78, 5) is 14.7. The molecular formula is C10H5ClFNO2S. The molecule has 3 nitrogen and oxygen atoms in total. The summed E-state index contributed by atoms with van der Waals surface area (Å²) >= 11 is 6.53. The number of hydrogen-bond acceptors (Lipinski definition) is 3. The normalized spacial score (nSPS) is 10.4. The van der Waals surface area contributed by atoms with E-state index in [1.54, 1.807) is 6.07 Å². The second-order valence-corrected chi connectivity index (χ2v) is 4.40. The van der Waals surface area contributed by atoms with E-state index in [9.17, 15) is 9.18 Å². The molecule has 82 valence electrons. The van der Waals surface area contributed by atoms with Crippen molar-refractivity contribution in [2.75, 3.05) is 0 Å². The third-order valence-electron chi connectivity index (χ3n) is 1.88.